The van der Waals surface area contributed by atoms with Crippen LogP contribution >= 0.6 is 0 Å². The summed E-state index contributed by atoms with van der Waals surface area (Å²) in [4.78, 5) is 12.1. The van der Waals surface area contributed by atoms with Gasteiger partial charge in [-0.25, -0.2) is 0 Å². The van der Waals surface area contributed by atoms with Gasteiger partial charge in [-0.05, 0) is 30.5 Å². The van der Waals surface area contributed by atoms with Crippen LogP contribution in [-0.2, 0) is 19.7 Å². The molecule has 1 saturated carbocycles. The zero-order chi connectivity index (χ0) is 13.5. The molecule has 1 aliphatic heterocycles. The summed E-state index contributed by atoms with van der Waals surface area (Å²) in [5.74, 6) is 0.716. The second-order valence-electron chi connectivity index (χ2n) is 5.38. The molecule has 1 aromatic carbocycles. The number of esters is 1. The van der Waals surface area contributed by atoms with Gasteiger partial charge in [0, 0.05) is 0 Å². The van der Waals surface area contributed by atoms with Gasteiger partial charge in [-0.15, -0.1) is 0 Å². The third kappa shape index (κ3) is 1.59. The van der Waals surface area contributed by atoms with Crippen LogP contribution in [0, 0.1) is 5.41 Å². The summed E-state index contributed by atoms with van der Waals surface area (Å²) in [5, 5.41) is 0. The van der Waals surface area contributed by atoms with Gasteiger partial charge < -0.3 is 14.2 Å². The molecule has 0 amide bonds. The minimum absolute atomic E-state index is 0.105. The molecule has 2 aliphatic rings. The van der Waals surface area contributed by atoms with Crippen LogP contribution in [0.2, 0.25) is 0 Å². The van der Waals surface area contributed by atoms with Gasteiger partial charge in [-0.2, -0.15) is 0 Å². The van der Waals surface area contributed by atoms with Crippen LogP contribution in [0.4, 0.5) is 0 Å². The fraction of sp³-hybridized carbons (Fsp3) is 0.533. The van der Waals surface area contributed by atoms with Crippen LogP contribution in [-0.4, -0.2) is 33.4 Å². The summed E-state index contributed by atoms with van der Waals surface area (Å²) in [6.07, 6.45) is 1.77. The van der Waals surface area contributed by atoms with E-state index in [0.717, 1.165) is 24.2 Å². The van der Waals surface area contributed by atoms with Gasteiger partial charge in [-0.1, -0.05) is 12.1 Å². The minimum atomic E-state index is -0.380. The van der Waals surface area contributed by atoms with Crippen LogP contribution in [0.5, 0.6) is 5.75 Å². The van der Waals surface area contributed by atoms with E-state index in [9.17, 15) is 4.79 Å². The number of methoxy groups -OCH3 is 2. The number of rotatable bonds is 4. The van der Waals surface area contributed by atoms with Gasteiger partial charge in [0.05, 0.1) is 38.3 Å². The Bertz CT molecular complexity index is 483. The van der Waals surface area contributed by atoms with E-state index in [1.54, 1.807) is 7.11 Å². The highest BCUT2D eigenvalue weighted by molar-refractivity contribution is 5.82. The Kier molecular flexibility index (Phi) is 2.78. The molecule has 1 saturated heterocycles. The van der Waals surface area contributed by atoms with E-state index in [2.05, 4.69) is 0 Å². The van der Waals surface area contributed by atoms with Gasteiger partial charge >= 0.3 is 5.97 Å². The lowest BCUT2D eigenvalue weighted by Gasteiger charge is -2.47. The van der Waals surface area contributed by atoms with E-state index in [1.165, 1.54) is 7.11 Å². The molecule has 0 atom stereocenters. The molecule has 0 spiro atoms. The zero-order valence-electron chi connectivity index (χ0n) is 11.3. The maximum Gasteiger partial charge on any atom is 0.312 e. The summed E-state index contributed by atoms with van der Waals surface area (Å²) >= 11 is 0. The Morgan fingerprint density at radius 2 is 1.79 bits per heavy atom. The van der Waals surface area contributed by atoms with Crippen molar-refractivity contribution in [2.75, 3.05) is 27.4 Å². The molecule has 0 unspecified atom stereocenters. The molecule has 102 valence electrons. The van der Waals surface area contributed by atoms with Crippen molar-refractivity contribution in [1.29, 1.82) is 0 Å². The fourth-order valence-electron chi connectivity index (χ4n) is 3.13. The summed E-state index contributed by atoms with van der Waals surface area (Å²) in [6.45, 7) is 1.18. The standard InChI is InChI=1S/C15H18O4/c1-17-12-5-3-11(4-6-12)15(9-19-10-15)14(7-8-14)13(16)18-2/h3-6H,7-10H2,1-2H3. The summed E-state index contributed by atoms with van der Waals surface area (Å²) in [5.41, 5.74) is 0.545. The van der Waals surface area contributed by atoms with Crippen molar-refractivity contribution in [1.82, 2.24) is 0 Å². The van der Waals surface area contributed by atoms with E-state index in [0.29, 0.717) is 13.2 Å². The van der Waals surface area contributed by atoms with Crippen molar-refractivity contribution in [3.8, 4) is 5.75 Å². The van der Waals surface area contributed by atoms with E-state index < -0.39 is 0 Å². The van der Waals surface area contributed by atoms with Crippen molar-refractivity contribution in [2.45, 2.75) is 18.3 Å². The molecule has 1 aliphatic carbocycles. The maximum atomic E-state index is 12.1. The monoisotopic (exact) mass is 262 g/mol. The van der Waals surface area contributed by atoms with Gasteiger partial charge in [0.2, 0.25) is 0 Å². The number of carbonyl (C=O) groups is 1. The third-order valence-corrected chi connectivity index (χ3v) is 4.58. The zero-order valence-corrected chi connectivity index (χ0v) is 11.3. The van der Waals surface area contributed by atoms with Crippen LogP contribution in [0.1, 0.15) is 18.4 Å². The smallest absolute Gasteiger partial charge is 0.312 e. The Hall–Kier alpha value is -1.55. The highest BCUT2D eigenvalue weighted by Gasteiger charge is 2.68. The maximum absolute atomic E-state index is 12.1. The number of benzene rings is 1. The lowest BCUT2D eigenvalue weighted by molar-refractivity contribution is -0.164. The van der Waals surface area contributed by atoms with Crippen molar-refractivity contribution in [3.05, 3.63) is 29.8 Å². The fourth-order valence-corrected chi connectivity index (χ4v) is 3.13. The molecule has 2 fully saturated rings. The predicted molar refractivity (Wildman–Crippen MR) is 69.2 cm³/mol. The average Bonchev–Trinajstić information content (AvgIpc) is 3.19. The SMILES string of the molecule is COC(=O)C1(C2(c3ccc(OC)cc3)COC2)CC1. The largest absolute Gasteiger partial charge is 0.497 e. The van der Waals surface area contributed by atoms with Crippen molar-refractivity contribution >= 4 is 5.97 Å². The first-order valence-electron chi connectivity index (χ1n) is 6.49. The van der Waals surface area contributed by atoms with Crippen LogP contribution in [0.25, 0.3) is 0 Å². The minimum Gasteiger partial charge on any atom is -0.497 e. The second kappa shape index (κ2) is 4.23. The predicted octanol–water partition coefficient (Wildman–Crippen LogP) is 1.92. The first-order chi connectivity index (χ1) is 9.18. The molecule has 4 nitrogen and oxygen atoms in total. The van der Waals surface area contributed by atoms with Crippen molar-refractivity contribution < 1.29 is 19.0 Å². The van der Waals surface area contributed by atoms with Crippen LogP contribution < -0.4 is 4.74 Å². The van der Waals surface area contributed by atoms with E-state index >= 15 is 0 Å². The Labute approximate surface area is 112 Å². The summed E-state index contributed by atoms with van der Waals surface area (Å²) < 4.78 is 15.6. The number of carbonyl (C=O) groups excluding carboxylic acids is 1. The summed E-state index contributed by atoms with van der Waals surface area (Å²) in [6, 6.07) is 7.93. The number of ether oxygens (including phenoxy) is 3. The molecule has 3 rings (SSSR count). The highest BCUT2D eigenvalue weighted by Crippen LogP contribution is 2.63. The second-order valence-corrected chi connectivity index (χ2v) is 5.38. The molecule has 1 heterocycles. The first-order valence-corrected chi connectivity index (χ1v) is 6.49. The van der Waals surface area contributed by atoms with Gasteiger partial charge in [-0.3, -0.25) is 4.79 Å². The number of hydrogen-bond acceptors (Lipinski definition) is 4. The molecule has 0 bridgehead atoms. The number of hydrogen-bond donors (Lipinski definition) is 0. The van der Waals surface area contributed by atoms with Crippen LogP contribution in [0.15, 0.2) is 24.3 Å². The molecule has 1 aromatic rings. The van der Waals surface area contributed by atoms with Crippen molar-refractivity contribution in [2.24, 2.45) is 5.41 Å². The lowest BCUT2D eigenvalue weighted by Crippen LogP contribution is -2.56. The van der Waals surface area contributed by atoms with Gasteiger partial charge in [0.1, 0.15) is 5.75 Å². The molecule has 0 N–H and O–H groups in total. The molecular weight excluding hydrogens is 244 g/mol. The Morgan fingerprint density at radius 1 is 1.16 bits per heavy atom. The van der Waals surface area contributed by atoms with E-state index in [4.69, 9.17) is 14.2 Å². The lowest BCUT2D eigenvalue weighted by atomic mass is 9.66. The van der Waals surface area contributed by atoms with Crippen molar-refractivity contribution in [3.63, 3.8) is 0 Å². The quantitative estimate of drug-likeness (QED) is 0.778. The molecular formula is C15H18O4. The summed E-state index contributed by atoms with van der Waals surface area (Å²) in [7, 11) is 3.11. The topological polar surface area (TPSA) is 44.8 Å². The highest BCUT2D eigenvalue weighted by atomic mass is 16.5. The average molecular weight is 262 g/mol. The van der Waals surface area contributed by atoms with E-state index in [1.807, 2.05) is 24.3 Å². The Balaban J connectivity index is 1.97. The molecule has 4 heteroatoms. The van der Waals surface area contributed by atoms with Gasteiger partial charge in [0.15, 0.2) is 0 Å². The Morgan fingerprint density at radius 3 is 2.16 bits per heavy atom. The van der Waals surface area contributed by atoms with Gasteiger partial charge in [0.25, 0.3) is 0 Å². The molecule has 0 aromatic heterocycles. The molecule has 0 radical (unpaired) electrons. The van der Waals surface area contributed by atoms with Crippen LogP contribution in [0.3, 0.4) is 0 Å². The molecule has 19 heavy (non-hydrogen) atoms. The van der Waals surface area contributed by atoms with E-state index in [-0.39, 0.29) is 16.8 Å². The normalized spacial score (nSPS) is 22.2. The third-order valence-electron chi connectivity index (χ3n) is 4.58. The first kappa shape index (κ1) is 12.5.